The second-order valence-electron chi connectivity index (χ2n) is 7.24. The van der Waals surface area contributed by atoms with Gasteiger partial charge in [0.15, 0.2) is 5.82 Å². The van der Waals surface area contributed by atoms with Crippen molar-refractivity contribution in [2.24, 2.45) is 5.92 Å². The summed E-state index contributed by atoms with van der Waals surface area (Å²) in [5.74, 6) is 1.62. The molecule has 0 aliphatic carbocycles. The van der Waals surface area contributed by atoms with Crippen molar-refractivity contribution in [2.75, 3.05) is 23.3 Å². The van der Waals surface area contributed by atoms with Crippen molar-refractivity contribution in [3.63, 3.8) is 0 Å². The fourth-order valence-corrected chi connectivity index (χ4v) is 3.46. The van der Waals surface area contributed by atoms with Crippen molar-refractivity contribution < 1.29 is 5.11 Å². The van der Waals surface area contributed by atoms with Gasteiger partial charge in [0.05, 0.1) is 24.1 Å². The molecule has 2 N–H and O–H groups in total. The molecule has 0 amide bonds. The molecule has 1 fully saturated rings. The first-order valence-electron chi connectivity index (χ1n) is 9.61. The fourth-order valence-electron chi connectivity index (χ4n) is 3.46. The Labute approximate surface area is 164 Å². The highest BCUT2D eigenvalue weighted by Crippen LogP contribution is 2.29. The van der Waals surface area contributed by atoms with Gasteiger partial charge in [0.1, 0.15) is 17.1 Å². The predicted octanol–water partition coefficient (Wildman–Crippen LogP) is 3.49. The molecule has 0 radical (unpaired) electrons. The van der Waals surface area contributed by atoms with E-state index in [2.05, 4.69) is 37.3 Å². The zero-order chi connectivity index (χ0) is 19.3. The Kier molecular flexibility index (Phi) is 5.32. The van der Waals surface area contributed by atoms with Gasteiger partial charge in [0.2, 0.25) is 0 Å². The summed E-state index contributed by atoms with van der Waals surface area (Å²) in [6.07, 6.45) is 5.88. The number of rotatable bonds is 5. The molecule has 3 aromatic rings. The van der Waals surface area contributed by atoms with Crippen LogP contribution in [-0.4, -0.2) is 38.4 Å². The molecule has 7 heteroatoms. The number of hydrogen-bond acceptors (Lipinski definition) is 7. The third kappa shape index (κ3) is 4.19. The standard InChI is InChI=1S/C21H24N6O/c1-15-5-4-10-27(14-15)20-8-7-18(25-26-20)21-19(28)11-17(13-24-21)23-12-16-6-2-3-9-22-16/h2-3,6-9,11,13,15,23,28H,4-5,10,12,14H2,1H3. The molecule has 1 unspecified atom stereocenters. The summed E-state index contributed by atoms with van der Waals surface area (Å²) in [4.78, 5) is 10.9. The second-order valence-corrected chi connectivity index (χ2v) is 7.24. The topological polar surface area (TPSA) is 87.1 Å². The molecule has 4 heterocycles. The number of nitrogens with zero attached hydrogens (tertiary/aromatic N) is 5. The van der Waals surface area contributed by atoms with E-state index in [0.717, 1.165) is 30.3 Å². The number of anilines is 2. The summed E-state index contributed by atoms with van der Waals surface area (Å²) in [5, 5.41) is 22.2. The molecule has 7 nitrogen and oxygen atoms in total. The molecular weight excluding hydrogens is 352 g/mol. The molecule has 1 aliphatic heterocycles. The van der Waals surface area contributed by atoms with E-state index in [1.54, 1.807) is 18.5 Å². The van der Waals surface area contributed by atoms with E-state index in [-0.39, 0.29) is 5.75 Å². The Hall–Kier alpha value is -3.22. The van der Waals surface area contributed by atoms with E-state index in [4.69, 9.17) is 0 Å². The largest absolute Gasteiger partial charge is 0.506 e. The molecule has 144 valence electrons. The third-order valence-corrected chi connectivity index (χ3v) is 4.94. The SMILES string of the molecule is CC1CCCN(c2ccc(-c3ncc(NCc4ccccn4)cc3O)nn2)C1. The van der Waals surface area contributed by atoms with Crippen molar-refractivity contribution in [1.82, 2.24) is 20.2 Å². The van der Waals surface area contributed by atoms with E-state index in [0.29, 0.717) is 23.9 Å². The lowest BCUT2D eigenvalue weighted by atomic mass is 10.0. The molecule has 28 heavy (non-hydrogen) atoms. The maximum atomic E-state index is 10.4. The molecule has 0 bridgehead atoms. The molecule has 4 rings (SSSR count). The van der Waals surface area contributed by atoms with Crippen molar-refractivity contribution in [1.29, 1.82) is 0 Å². The molecular formula is C21H24N6O. The highest BCUT2D eigenvalue weighted by molar-refractivity contribution is 5.65. The number of nitrogens with one attached hydrogen (secondary N) is 1. The number of aromatic nitrogens is 4. The lowest BCUT2D eigenvalue weighted by Crippen LogP contribution is -2.34. The van der Waals surface area contributed by atoms with Gasteiger partial charge in [-0.15, -0.1) is 10.2 Å². The zero-order valence-corrected chi connectivity index (χ0v) is 15.9. The van der Waals surface area contributed by atoms with Crippen LogP contribution in [0.3, 0.4) is 0 Å². The van der Waals surface area contributed by atoms with Gasteiger partial charge in [-0.25, -0.2) is 4.98 Å². The Balaban J connectivity index is 1.45. The van der Waals surface area contributed by atoms with Crippen molar-refractivity contribution in [3.05, 3.63) is 54.5 Å². The average molecular weight is 376 g/mol. The molecule has 1 atom stereocenters. The first kappa shape index (κ1) is 18.2. The summed E-state index contributed by atoms with van der Waals surface area (Å²) >= 11 is 0. The first-order chi connectivity index (χ1) is 13.7. The Bertz CT molecular complexity index is 916. The van der Waals surface area contributed by atoms with E-state index >= 15 is 0 Å². The van der Waals surface area contributed by atoms with Gasteiger partial charge in [0, 0.05) is 25.4 Å². The molecule has 0 aromatic carbocycles. The minimum Gasteiger partial charge on any atom is -0.506 e. The van der Waals surface area contributed by atoms with E-state index in [1.807, 2.05) is 30.3 Å². The maximum absolute atomic E-state index is 10.4. The van der Waals surface area contributed by atoms with E-state index in [1.165, 1.54) is 12.8 Å². The van der Waals surface area contributed by atoms with Crippen molar-refractivity contribution >= 4 is 11.5 Å². The number of hydrogen-bond donors (Lipinski definition) is 2. The van der Waals surface area contributed by atoms with Gasteiger partial charge in [-0.05, 0) is 43.0 Å². The Morgan fingerprint density at radius 3 is 2.82 bits per heavy atom. The van der Waals surface area contributed by atoms with Crippen molar-refractivity contribution in [3.8, 4) is 17.1 Å². The predicted molar refractivity (Wildman–Crippen MR) is 109 cm³/mol. The summed E-state index contributed by atoms with van der Waals surface area (Å²) in [6, 6.07) is 11.2. The summed E-state index contributed by atoms with van der Waals surface area (Å²) in [5.41, 5.74) is 2.62. The Morgan fingerprint density at radius 2 is 2.11 bits per heavy atom. The molecule has 1 aliphatic rings. The van der Waals surface area contributed by atoms with Gasteiger partial charge in [-0.2, -0.15) is 0 Å². The quantitative estimate of drug-likeness (QED) is 0.705. The van der Waals surface area contributed by atoms with Gasteiger partial charge in [0.25, 0.3) is 0 Å². The summed E-state index contributed by atoms with van der Waals surface area (Å²) < 4.78 is 0. The lowest BCUT2D eigenvalue weighted by Gasteiger charge is -2.31. The van der Waals surface area contributed by atoms with E-state index in [9.17, 15) is 5.11 Å². The highest BCUT2D eigenvalue weighted by Gasteiger charge is 2.18. The minimum atomic E-state index is 0.0691. The molecule has 1 saturated heterocycles. The highest BCUT2D eigenvalue weighted by atomic mass is 16.3. The van der Waals surface area contributed by atoms with Gasteiger partial charge < -0.3 is 15.3 Å². The van der Waals surface area contributed by atoms with E-state index < -0.39 is 0 Å². The minimum absolute atomic E-state index is 0.0691. The summed E-state index contributed by atoms with van der Waals surface area (Å²) in [7, 11) is 0. The van der Waals surface area contributed by atoms with Crippen LogP contribution in [0.15, 0.2) is 48.8 Å². The molecule has 0 spiro atoms. The third-order valence-electron chi connectivity index (χ3n) is 4.94. The molecule has 0 saturated carbocycles. The Morgan fingerprint density at radius 1 is 1.18 bits per heavy atom. The number of piperidine rings is 1. The van der Waals surface area contributed by atoms with Crippen LogP contribution in [0.1, 0.15) is 25.5 Å². The smallest absolute Gasteiger partial charge is 0.151 e. The maximum Gasteiger partial charge on any atom is 0.151 e. The first-order valence-corrected chi connectivity index (χ1v) is 9.61. The van der Waals surface area contributed by atoms with Crippen LogP contribution < -0.4 is 10.2 Å². The van der Waals surface area contributed by atoms with Gasteiger partial charge >= 0.3 is 0 Å². The normalized spacial score (nSPS) is 16.8. The fraction of sp³-hybridized carbons (Fsp3) is 0.333. The lowest BCUT2D eigenvalue weighted by molar-refractivity contribution is 0.443. The monoisotopic (exact) mass is 376 g/mol. The second kappa shape index (κ2) is 8.21. The number of aromatic hydroxyl groups is 1. The van der Waals surface area contributed by atoms with Crippen LogP contribution in [0.2, 0.25) is 0 Å². The van der Waals surface area contributed by atoms with Crippen LogP contribution >= 0.6 is 0 Å². The van der Waals surface area contributed by atoms with Crippen LogP contribution in [0.5, 0.6) is 5.75 Å². The number of pyridine rings is 2. The molecule has 3 aromatic heterocycles. The zero-order valence-electron chi connectivity index (χ0n) is 15.9. The van der Waals surface area contributed by atoms with Crippen LogP contribution in [0, 0.1) is 5.92 Å². The van der Waals surface area contributed by atoms with Crippen LogP contribution in [-0.2, 0) is 6.54 Å². The van der Waals surface area contributed by atoms with Crippen LogP contribution in [0.25, 0.3) is 11.4 Å². The van der Waals surface area contributed by atoms with Gasteiger partial charge in [-0.1, -0.05) is 13.0 Å². The van der Waals surface area contributed by atoms with Crippen LogP contribution in [0.4, 0.5) is 11.5 Å². The average Bonchev–Trinajstić information content (AvgIpc) is 2.73. The van der Waals surface area contributed by atoms with Crippen molar-refractivity contribution in [2.45, 2.75) is 26.3 Å². The van der Waals surface area contributed by atoms with Gasteiger partial charge in [-0.3, -0.25) is 4.98 Å². The summed E-state index contributed by atoms with van der Waals surface area (Å²) in [6.45, 7) is 4.84.